The maximum atomic E-state index is 14.0. The Morgan fingerprint density at radius 3 is 2.29 bits per heavy atom. The smallest absolute Gasteiger partial charge is 0.278 e. The molecule has 0 bridgehead atoms. The minimum Gasteiger partial charge on any atom is -0.508 e. The standard InChI is InChI=1S/C39H35N5O4/c1-39(2,3)30-15-13-25(14-16-30)38(48)44-35(22-34(43-44)29-20-26-7-4-5-10-33(26)41-23-29)27-8-6-9-28(21-27)36(46)42-37(47)32(40)19-24-11-17-31(45)18-12-24/h4-18,20-23,32,45H,19,40H2,1-3H3,(H,42,46,47)/t32-/m0/s1. The molecule has 0 spiro atoms. The SMILES string of the molecule is CC(C)(C)c1ccc(C(=O)n2nc(-c3cnc4ccccc4c3)cc2-c2cccc(C(=O)NC(=O)[C@@H](N)Cc3ccc(O)cc3)c2)cc1. The van der Waals surface area contributed by atoms with Crippen LogP contribution >= 0.6 is 0 Å². The molecule has 2 amide bonds. The number of hydrogen-bond acceptors (Lipinski definition) is 7. The van der Waals surface area contributed by atoms with E-state index in [1.54, 1.807) is 60.8 Å². The van der Waals surface area contributed by atoms with Gasteiger partial charge in [0, 0.05) is 33.8 Å². The van der Waals surface area contributed by atoms with Crippen LogP contribution in [0.1, 0.15) is 52.6 Å². The number of amides is 2. The third-order valence-electron chi connectivity index (χ3n) is 8.17. The fourth-order valence-corrected chi connectivity index (χ4v) is 5.40. The number of imide groups is 1. The Hall–Kier alpha value is -5.93. The molecule has 2 aromatic heterocycles. The van der Waals surface area contributed by atoms with E-state index in [0.717, 1.165) is 27.6 Å². The molecule has 240 valence electrons. The van der Waals surface area contributed by atoms with Crippen molar-refractivity contribution >= 4 is 28.6 Å². The van der Waals surface area contributed by atoms with Gasteiger partial charge in [0.25, 0.3) is 11.8 Å². The predicted octanol–water partition coefficient (Wildman–Crippen LogP) is 6.28. The van der Waals surface area contributed by atoms with Crippen molar-refractivity contribution in [3.8, 4) is 28.3 Å². The van der Waals surface area contributed by atoms with E-state index in [9.17, 15) is 19.5 Å². The summed E-state index contributed by atoms with van der Waals surface area (Å²) in [7, 11) is 0. The van der Waals surface area contributed by atoms with Crippen LogP contribution in [0.2, 0.25) is 0 Å². The summed E-state index contributed by atoms with van der Waals surface area (Å²) in [6.45, 7) is 6.33. The average molecular weight is 638 g/mol. The second-order valence-corrected chi connectivity index (χ2v) is 12.8. The van der Waals surface area contributed by atoms with E-state index in [0.29, 0.717) is 22.5 Å². The molecule has 0 saturated carbocycles. The first-order valence-corrected chi connectivity index (χ1v) is 15.6. The zero-order chi connectivity index (χ0) is 34.0. The number of hydrogen-bond donors (Lipinski definition) is 3. The number of nitrogens with zero attached hydrogens (tertiary/aromatic N) is 3. The first-order chi connectivity index (χ1) is 23.0. The molecule has 4 N–H and O–H groups in total. The summed E-state index contributed by atoms with van der Waals surface area (Å²) in [5, 5.41) is 17.6. The van der Waals surface area contributed by atoms with Crippen LogP contribution in [-0.4, -0.2) is 43.6 Å². The molecular weight excluding hydrogens is 602 g/mol. The van der Waals surface area contributed by atoms with Gasteiger partial charge in [-0.25, -0.2) is 0 Å². The number of rotatable bonds is 7. The molecule has 9 nitrogen and oxygen atoms in total. The zero-order valence-corrected chi connectivity index (χ0v) is 26.8. The van der Waals surface area contributed by atoms with Crippen molar-refractivity contribution in [3.05, 3.63) is 138 Å². The maximum Gasteiger partial charge on any atom is 0.278 e. The van der Waals surface area contributed by atoms with Gasteiger partial charge in [-0.2, -0.15) is 9.78 Å². The Balaban J connectivity index is 1.32. The van der Waals surface area contributed by atoms with Crippen LogP contribution in [0.5, 0.6) is 5.75 Å². The van der Waals surface area contributed by atoms with Gasteiger partial charge in [-0.15, -0.1) is 0 Å². The van der Waals surface area contributed by atoms with Gasteiger partial charge in [0.15, 0.2) is 0 Å². The summed E-state index contributed by atoms with van der Waals surface area (Å²) in [4.78, 5) is 44.6. The number of aromatic nitrogens is 3. The third kappa shape index (κ3) is 6.91. The lowest BCUT2D eigenvalue weighted by molar-refractivity contribution is -0.121. The number of phenolic OH excluding ortho intramolecular Hbond substituents is 1. The molecule has 0 unspecified atom stereocenters. The van der Waals surface area contributed by atoms with Crippen molar-refractivity contribution in [1.29, 1.82) is 0 Å². The van der Waals surface area contributed by atoms with E-state index < -0.39 is 17.9 Å². The van der Waals surface area contributed by atoms with E-state index in [1.807, 2.05) is 42.5 Å². The summed E-state index contributed by atoms with van der Waals surface area (Å²) in [6.07, 6.45) is 1.90. The van der Waals surface area contributed by atoms with E-state index >= 15 is 0 Å². The Labute approximate surface area is 278 Å². The number of nitrogens with one attached hydrogen (secondary N) is 1. The van der Waals surface area contributed by atoms with Gasteiger partial charge in [0.05, 0.1) is 22.9 Å². The molecule has 0 saturated heterocycles. The maximum absolute atomic E-state index is 14.0. The van der Waals surface area contributed by atoms with Crippen LogP contribution in [0.25, 0.3) is 33.4 Å². The highest BCUT2D eigenvalue weighted by Crippen LogP contribution is 2.30. The molecule has 48 heavy (non-hydrogen) atoms. The average Bonchev–Trinajstić information content (AvgIpc) is 3.54. The number of carbonyl (C=O) groups is 3. The fraction of sp³-hybridized carbons (Fsp3) is 0.154. The number of phenols is 1. The molecule has 0 radical (unpaired) electrons. The van der Waals surface area contributed by atoms with Crippen molar-refractivity contribution < 1.29 is 19.5 Å². The lowest BCUT2D eigenvalue weighted by Crippen LogP contribution is -2.44. The molecule has 6 rings (SSSR count). The Morgan fingerprint density at radius 1 is 0.833 bits per heavy atom. The zero-order valence-electron chi connectivity index (χ0n) is 26.8. The predicted molar refractivity (Wildman–Crippen MR) is 186 cm³/mol. The molecule has 0 aliphatic heterocycles. The quantitative estimate of drug-likeness (QED) is 0.187. The van der Waals surface area contributed by atoms with Crippen molar-refractivity contribution in [2.24, 2.45) is 5.73 Å². The molecule has 9 heteroatoms. The lowest BCUT2D eigenvalue weighted by atomic mass is 9.87. The molecule has 1 atom stereocenters. The van der Waals surface area contributed by atoms with Crippen molar-refractivity contribution in [3.63, 3.8) is 0 Å². The molecule has 6 aromatic rings. The Morgan fingerprint density at radius 2 is 1.56 bits per heavy atom. The monoisotopic (exact) mass is 637 g/mol. The molecular formula is C39H35N5O4. The Bertz CT molecular complexity index is 2150. The molecule has 0 aliphatic carbocycles. The third-order valence-corrected chi connectivity index (χ3v) is 8.17. The minimum atomic E-state index is -0.983. The van der Waals surface area contributed by atoms with Gasteiger partial charge in [-0.05, 0) is 77.6 Å². The summed E-state index contributed by atoms with van der Waals surface area (Å²) in [6, 6.07) is 31.0. The normalized spacial score (nSPS) is 12.1. The summed E-state index contributed by atoms with van der Waals surface area (Å²) >= 11 is 0. The van der Waals surface area contributed by atoms with Crippen LogP contribution in [0.4, 0.5) is 0 Å². The molecule has 0 fully saturated rings. The minimum absolute atomic E-state index is 0.0769. The van der Waals surface area contributed by atoms with Crippen LogP contribution < -0.4 is 11.1 Å². The highest BCUT2D eigenvalue weighted by atomic mass is 16.3. The van der Waals surface area contributed by atoms with Crippen molar-refractivity contribution in [2.45, 2.75) is 38.6 Å². The number of carbonyl (C=O) groups excluding carboxylic acids is 3. The van der Waals surface area contributed by atoms with Crippen molar-refractivity contribution in [1.82, 2.24) is 20.1 Å². The van der Waals surface area contributed by atoms with Crippen LogP contribution in [0.15, 0.2) is 115 Å². The first kappa shape index (κ1) is 32.0. The number of benzene rings is 4. The number of aromatic hydroxyl groups is 1. The Kier molecular flexibility index (Phi) is 8.71. The van der Waals surface area contributed by atoms with Gasteiger partial charge in [0.1, 0.15) is 5.75 Å². The second-order valence-electron chi connectivity index (χ2n) is 12.8. The van der Waals surface area contributed by atoms with E-state index in [2.05, 4.69) is 31.1 Å². The summed E-state index contributed by atoms with van der Waals surface area (Å²) in [5.41, 5.74) is 11.6. The lowest BCUT2D eigenvalue weighted by Gasteiger charge is -2.19. The van der Waals surface area contributed by atoms with E-state index in [1.165, 1.54) is 16.8 Å². The van der Waals surface area contributed by atoms with Crippen LogP contribution in [-0.2, 0) is 16.6 Å². The van der Waals surface area contributed by atoms with Gasteiger partial charge in [-0.1, -0.05) is 75.4 Å². The number of fused-ring (bicyclic) bond motifs is 1. The van der Waals surface area contributed by atoms with E-state index in [4.69, 9.17) is 10.8 Å². The van der Waals surface area contributed by atoms with Gasteiger partial charge >= 0.3 is 0 Å². The number of nitrogens with two attached hydrogens (primary N) is 1. The summed E-state index contributed by atoms with van der Waals surface area (Å²) < 4.78 is 1.34. The largest absolute Gasteiger partial charge is 0.508 e. The van der Waals surface area contributed by atoms with Gasteiger partial charge in [-0.3, -0.25) is 24.7 Å². The van der Waals surface area contributed by atoms with Crippen LogP contribution in [0.3, 0.4) is 0 Å². The summed E-state index contributed by atoms with van der Waals surface area (Å²) in [5.74, 6) is -1.49. The second kappa shape index (κ2) is 13.1. The number of para-hydroxylation sites is 1. The topological polar surface area (TPSA) is 140 Å². The van der Waals surface area contributed by atoms with E-state index in [-0.39, 0.29) is 29.1 Å². The highest BCUT2D eigenvalue weighted by molar-refractivity contribution is 6.07. The van der Waals surface area contributed by atoms with Gasteiger partial charge < -0.3 is 10.8 Å². The van der Waals surface area contributed by atoms with Crippen molar-refractivity contribution in [2.75, 3.05) is 0 Å². The highest BCUT2D eigenvalue weighted by Gasteiger charge is 2.22. The number of pyridine rings is 1. The first-order valence-electron chi connectivity index (χ1n) is 15.6. The molecule has 0 aliphatic rings. The van der Waals surface area contributed by atoms with Crippen LogP contribution in [0, 0.1) is 0 Å². The fourth-order valence-electron chi connectivity index (χ4n) is 5.40. The molecule has 2 heterocycles. The van der Waals surface area contributed by atoms with Gasteiger partial charge in [0.2, 0.25) is 5.91 Å². The molecule has 4 aromatic carbocycles.